The molecule has 1 fully saturated rings. The van der Waals surface area contributed by atoms with Gasteiger partial charge in [-0.2, -0.15) is 5.26 Å². The van der Waals surface area contributed by atoms with E-state index < -0.39 is 25.6 Å². The van der Waals surface area contributed by atoms with Gasteiger partial charge in [0.2, 0.25) is 0 Å². The van der Waals surface area contributed by atoms with E-state index >= 15 is 0 Å². The molecule has 0 radical (unpaired) electrons. The van der Waals surface area contributed by atoms with E-state index in [1.54, 1.807) is 0 Å². The molecule has 1 amide bonds. The van der Waals surface area contributed by atoms with E-state index in [1.165, 1.54) is 0 Å². The maximum atomic E-state index is 11.9. The summed E-state index contributed by atoms with van der Waals surface area (Å²) in [4.78, 5) is 11.9. The summed E-state index contributed by atoms with van der Waals surface area (Å²) in [7, 11) is -1.77. The third-order valence-electron chi connectivity index (χ3n) is 4.71. The van der Waals surface area contributed by atoms with E-state index in [0.717, 1.165) is 0 Å². The minimum atomic E-state index is -1.77. The van der Waals surface area contributed by atoms with E-state index in [0.29, 0.717) is 25.4 Å². The minimum absolute atomic E-state index is 0.178. The quantitative estimate of drug-likeness (QED) is 0.778. The second kappa shape index (κ2) is 6.44. The van der Waals surface area contributed by atoms with Gasteiger partial charge in [0.15, 0.2) is 8.32 Å². The largest absolute Gasteiger partial charge is 0.444 e. The van der Waals surface area contributed by atoms with E-state index in [4.69, 9.17) is 9.16 Å². The van der Waals surface area contributed by atoms with Crippen molar-refractivity contribution in [2.75, 3.05) is 6.61 Å². The normalized spacial score (nSPS) is 25.3. The van der Waals surface area contributed by atoms with Crippen LogP contribution in [0, 0.1) is 17.2 Å². The van der Waals surface area contributed by atoms with Crippen LogP contribution in [-0.4, -0.2) is 32.2 Å². The third kappa shape index (κ3) is 5.50. The number of nitrogens with zero attached hydrogens (tertiary/aromatic N) is 1. The molecule has 0 saturated heterocycles. The van der Waals surface area contributed by atoms with Gasteiger partial charge in [0, 0.05) is 6.61 Å². The number of carbonyl (C=O) groups is 1. The van der Waals surface area contributed by atoms with Gasteiger partial charge in [-0.25, -0.2) is 4.79 Å². The van der Waals surface area contributed by atoms with Crippen LogP contribution in [0.3, 0.4) is 0 Å². The van der Waals surface area contributed by atoms with E-state index in [2.05, 4.69) is 45.3 Å². The molecule has 0 aliphatic heterocycles. The van der Waals surface area contributed by atoms with Gasteiger partial charge in [0.25, 0.3) is 0 Å². The van der Waals surface area contributed by atoms with Crippen LogP contribution < -0.4 is 5.32 Å². The van der Waals surface area contributed by atoms with E-state index in [1.807, 2.05) is 20.8 Å². The molecule has 23 heavy (non-hydrogen) atoms. The fourth-order valence-electron chi connectivity index (χ4n) is 2.31. The first-order valence-corrected chi connectivity index (χ1v) is 11.2. The van der Waals surface area contributed by atoms with Crippen molar-refractivity contribution in [3.05, 3.63) is 0 Å². The summed E-state index contributed by atoms with van der Waals surface area (Å²) in [6.07, 6.45) is 0.720. The summed E-state index contributed by atoms with van der Waals surface area (Å²) in [6.45, 7) is 17.2. The predicted octanol–water partition coefficient (Wildman–Crippen LogP) is 4.21. The molecule has 0 heterocycles. The van der Waals surface area contributed by atoms with Crippen molar-refractivity contribution in [2.24, 2.45) is 5.92 Å². The first-order chi connectivity index (χ1) is 10.2. The molecular weight excluding hydrogens is 308 g/mol. The molecule has 132 valence electrons. The fraction of sp³-hybridized carbons (Fsp3) is 0.882. The van der Waals surface area contributed by atoms with Gasteiger partial charge in [-0.1, -0.05) is 20.8 Å². The lowest BCUT2D eigenvalue weighted by Gasteiger charge is -2.45. The Morgan fingerprint density at radius 3 is 2.17 bits per heavy atom. The van der Waals surface area contributed by atoms with E-state index in [9.17, 15) is 10.1 Å². The lowest BCUT2D eigenvalue weighted by atomic mass is 9.69. The highest BCUT2D eigenvalue weighted by Gasteiger charge is 2.48. The van der Waals surface area contributed by atoms with Crippen molar-refractivity contribution in [3.8, 4) is 6.07 Å². The molecule has 0 spiro atoms. The third-order valence-corrected chi connectivity index (χ3v) is 9.22. The molecule has 1 rings (SSSR count). The SMILES string of the molecule is CC(C)(C)OC(=O)NC1(C#N)CC(CO[Si](C)(C)C(C)(C)C)C1. The molecule has 0 aromatic carbocycles. The molecule has 6 heteroatoms. The van der Waals surface area contributed by atoms with Gasteiger partial charge < -0.3 is 14.5 Å². The molecule has 0 atom stereocenters. The zero-order valence-electron chi connectivity index (χ0n) is 15.9. The van der Waals surface area contributed by atoms with E-state index in [-0.39, 0.29) is 5.04 Å². The standard InChI is InChI=1S/C17H32N2O3Si/c1-15(2,3)22-14(20)19-17(12-18)9-13(10-17)11-21-23(7,8)16(4,5)6/h13H,9-11H2,1-8H3,(H,19,20). The maximum absolute atomic E-state index is 11.9. The number of nitriles is 1. The Bertz CT molecular complexity index is 478. The summed E-state index contributed by atoms with van der Waals surface area (Å²) >= 11 is 0. The van der Waals surface area contributed by atoms with Crippen LogP contribution >= 0.6 is 0 Å². The summed E-state index contributed by atoms with van der Waals surface area (Å²) < 4.78 is 11.4. The number of ether oxygens (including phenoxy) is 1. The zero-order chi connectivity index (χ0) is 18.1. The average Bonchev–Trinajstić information content (AvgIpc) is 2.27. The van der Waals surface area contributed by atoms with Gasteiger partial charge in [-0.3, -0.25) is 0 Å². The van der Waals surface area contributed by atoms with Crippen molar-refractivity contribution in [1.82, 2.24) is 5.32 Å². The smallest absolute Gasteiger partial charge is 0.408 e. The highest BCUT2D eigenvalue weighted by molar-refractivity contribution is 6.74. The topological polar surface area (TPSA) is 71.3 Å². The fourth-order valence-corrected chi connectivity index (χ4v) is 3.39. The second-order valence-corrected chi connectivity index (χ2v) is 14.0. The van der Waals surface area contributed by atoms with Gasteiger partial charge >= 0.3 is 6.09 Å². The van der Waals surface area contributed by atoms with Crippen LogP contribution in [-0.2, 0) is 9.16 Å². The molecule has 0 aromatic rings. The summed E-state index contributed by atoms with van der Waals surface area (Å²) in [5.74, 6) is 0.318. The Morgan fingerprint density at radius 2 is 1.78 bits per heavy atom. The highest BCUT2D eigenvalue weighted by atomic mass is 28.4. The van der Waals surface area contributed by atoms with Crippen molar-refractivity contribution in [1.29, 1.82) is 5.26 Å². The molecular formula is C17H32N2O3Si. The summed E-state index contributed by atoms with van der Waals surface area (Å²) in [5.41, 5.74) is -1.36. The number of carbonyl (C=O) groups excluding carboxylic acids is 1. The van der Waals surface area contributed by atoms with Crippen LogP contribution in [0.4, 0.5) is 4.79 Å². The Labute approximate surface area is 141 Å². The summed E-state index contributed by atoms with van der Waals surface area (Å²) in [6, 6.07) is 2.23. The van der Waals surface area contributed by atoms with Crippen molar-refractivity contribution < 1.29 is 14.0 Å². The summed E-state index contributed by atoms with van der Waals surface area (Å²) in [5, 5.41) is 12.3. The average molecular weight is 341 g/mol. The Balaban J connectivity index is 2.49. The number of hydrogen-bond donors (Lipinski definition) is 1. The molecule has 0 bridgehead atoms. The lowest BCUT2D eigenvalue weighted by Crippen LogP contribution is -2.58. The van der Waals surface area contributed by atoms with Crippen molar-refractivity contribution >= 4 is 14.4 Å². The van der Waals surface area contributed by atoms with Crippen molar-refractivity contribution in [2.45, 2.75) is 83.7 Å². The minimum Gasteiger partial charge on any atom is -0.444 e. The van der Waals surface area contributed by atoms with Crippen LogP contribution in [0.5, 0.6) is 0 Å². The number of nitrogens with one attached hydrogen (secondary N) is 1. The van der Waals surface area contributed by atoms with Crippen LogP contribution in [0.2, 0.25) is 18.1 Å². The number of rotatable bonds is 4. The Hall–Kier alpha value is -1.06. The monoisotopic (exact) mass is 340 g/mol. The number of alkyl carbamates (subject to hydrolysis) is 1. The molecule has 5 nitrogen and oxygen atoms in total. The molecule has 1 N–H and O–H groups in total. The first kappa shape index (κ1) is 20.0. The van der Waals surface area contributed by atoms with Crippen LogP contribution in [0.15, 0.2) is 0 Å². The van der Waals surface area contributed by atoms with Gasteiger partial charge in [0.1, 0.15) is 11.1 Å². The highest BCUT2D eigenvalue weighted by Crippen LogP contribution is 2.41. The number of amides is 1. The second-order valence-electron chi connectivity index (χ2n) is 9.17. The van der Waals surface area contributed by atoms with Crippen molar-refractivity contribution in [3.63, 3.8) is 0 Å². The van der Waals surface area contributed by atoms with Gasteiger partial charge in [0.05, 0.1) is 6.07 Å². The van der Waals surface area contributed by atoms with Crippen LogP contribution in [0.25, 0.3) is 0 Å². The van der Waals surface area contributed by atoms with Gasteiger partial charge in [-0.05, 0) is 57.7 Å². The predicted molar refractivity (Wildman–Crippen MR) is 93.6 cm³/mol. The molecule has 1 saturated carbocycles. The Morgan fingerprint density at radius 1 is 1.26 bits per heavy atom. The molecule has 1 aliphatic rings. The van der Waals surface area contributed by atoms with Gasteiger partial charge in [-0.15, -0.1) is 0 Å². The Kier molecular flexibility index (Phi) is 5.60. The molecule has 1 aliphatic carbocycles. The zero-order valence-corrected chi connectivity index (χ0v) is 16.9. The molecule has 0 aromatic heterocycles. The first-order valence-electron chi connectivity index (χ1n) is 8.26. The lowest BCUT2D eigenvalue weighted by molar-refractivity contribution is 0.0328. The van der Waals surface area contributed by atoms with Crippen LogP contribution in [0.1, 0.15) is 54.4 Å². The number of hydrogen-bond acceptors (Lipinski definition) is 4. The maximum Gasteiger partial charge on any atom is 0.408 e. The molecule has 0 unspecified atom stereocenters.